The molecular weight excluding hydrogens is 252 g/mol. The zero-order chi connectivity index (χ0) is 14.4. The van der Waals surface area contributed by atoms with E-state index in [9.17, 15) is 4.79 Å². The van der Waals surface area contributed by atoms with Crippen molar-refractivity contribution < 1.29 is 9.53 Å². The second-order valence-electron chi connectivity index (χ2n) is 6.32. The number of rotatable bonds is 6. The van der Waals surface area contributed by atoms with Gasteiger partial charge in [-0.25, -0.2) is 0 Å². The third-order valence-electron chi connectivity index (χ3n) is 5.05. The zero-order valence-electron chi connectivity index (χ0n) is 13.1. The SMILES string of the molecule is CCNC(CCN1CCC2CCCCC2C1)C(=O)OC. The molecule has 2 aliphatic rings. The molecule has 1 saturated carbocycles. The number of piperidine rings is 1. The summed E-state index contributed by atoms with van der Waals surface area (Å²) in [6.45, 7) is 6.30. The number of hydrogen-bond acceptors (Lipinski definition) is 4. The zero-order valence-corrected chi connectivity index (χ0v) is 13.1. The fraction of sp³-hybridized carbons (Fsp3) is 0.938. The first kappa shape index (κ1) is 15.8. The second kappa shape index (κ2) is 7.99. The van der Waals surface area contributed by atoms with E-state index in [2.05, 4.69) is 10.2 Å². The first-order valence-corrected chi connectivity index (χ1v) is 8.28. The predicted octanol–water partition coefficient (Wildman–Crippen LogP) is 2.04. The average molecular weight is 282 g/mol. The van der Waals surface area contributed by atoms with Crippen molar-refractivity contribution in [3.05, 3.63) is 0 Å². The first-order chi connectivity index (χ1) is 9.74. The smallest absolute Gasteiger partial charge is 0.322 e. The Bertz CT molecular complexity index is 309. The van der Waals surface area contributed by atoms with Gasteiger partial charge in [-0.05, 0) is 44.2 Å². The summed E-state index contributed by atoms with van der Waals surface area (Å²) in [4.78, 5) is 14.3. The van der Waals surface area contributed by atoms with Crippen molar-refractivity contribution in [2.24, 2.45) is 11.8 Å². The standard InChI is InChI=1S/C16H30N2O2/c1-3-17-15(16(19)20-2)9-11-18-10-8-13-6-4-5-7-14(13)12-18/h13-15,17H,3-12H2,1-2H3. The number of carbonyl (C=O) groups is 1. The van der Waals surface area contributed by atoms with Gasteiger partial charge in [-0.2, -0.15) is 0 Å². The van der Waals surface area contributed by atoms with Gasteiger partial charge in [0.25, 0.3) is 0 Å². The highest BCUT2D eigenvalue weighted by Gasteiger charge is 2.31. The predicted molar refractivity (Wildman–Crippen MR) is 80.6 cm³/mol. The number of methoxy groups -OCH3 is 1. The largest absolute Gasteiger partial charge is 0.468 e. The number of nitrogens with one attached hydrogen (secondary N) is 1. The van der Waals surface area contributed by atoms with E-state index in [0.29, 0.717) is 0 Å². The fourth-order valence-corrected chi connectivity index (χ4v) is 3.88. The van der Waals surface area contributed by atoms with Crippen molar-refractivity contribution in [3.63, 3.8) is 0 Å². The van der Waals surface area contributed by atoms with Crippen LogP contribution in [0.3, 0.4) is 0 Å². The normalized spacial score (nSPS) is 28.7. The topological polar surface area (TPSA) is 41.6 Å². The van der Waals surface area contributed by atoms with Gasteiger partial charge >= 0.3 is 5.97 Å². The van der Waals surface area contributed by atoms with Gasteiger partial charge in [-0.1, -0.05) is 26.2 Å². The van der Waals surface area contributed by atoms with Crippen LogP contribution in [0.5, 0.6) is 0 Å². The number of likely N-dealkylation sites (tertiary alicyclic amines) is 1. The second-order valence-corrected chi connectivity index (χ2v) is 6.32. The van der Waals surface area contributed by atoms with Gasteiger partial charge in [0.2, 0.25) is 0 Å². The molecular formula is C16H30N2O2. The van der Waals surface area contributed by atoms with Crippen molar-refractivity contribution in [1.29, 1.82) is 0 Å². The number of esters is 1. The van der Waals surface area contributed by atoms with E-state index in [-0.39, 0.29) is 12.0 Å². The molecule has 0 radical (unpaired) electrons. The minimum Gasteiger partial charge on any atom is -0.468 e. The molecule has 1 aliphatic carbocycles. The third-order valence-corrected chi connectivity index (χ3v) is 5.05. The van der Waals surface area contributed by atoms with Crippen molar-refractivity contribution in [2.75, 3.05) is 33.3 Å². The van der Waals surface area contributed by atoms with Gasteiger partial charge in [0, 0.05) is 13.1 Å². The number of fused-ring (bicyclic) bond motifs is 1. The van der Waals surface area contributed by atoms with Gasteiger partial charge in [-0.15, -0.1) is 0 Å². The maximum Gasteiger partial charge on any atom is 0.322 e. The van der Waals surface area contributed by atoms with E-state index in [1.807, 2.05) is 6.92 Å². The van der Waals surface area contributed by atoms with Crippen LogP contribution in [0, 0.1) is 11.8 Å². The van der Waals surface area contributed by atoms with Crippen LogP contribution >= 0.6 is 0 Å². The van der Waals surface area contributed by atoms with Crippen molar-refractivity contribution >= 4 is 5.97 Å². The molecule has 3 unspecified atom stereocenters. The molecule has 4 nitrogen and oxygen atoms in total. The minimum absolute atomic E-state index is 0.126. The highest BCUT2D eigenvalue weighted by Crippen LogP contribution is 2.35. The summed E-state index contributed by atoms with van der Waals surface area (Å²) in [6.07, 6.45) is 7.92. The number of nitrogens with zero attached hydrogens (tertiary/aromatic N) is 1. The van der Waals surface area contributed by atoms with E-state index in [0.717, 1.165) is 31.3 Å². The molecule has 0 spiro atoms. The summed E-state index contributed by atoms with van der Waals surface area (Å²) in [6, 6.07) is -0.144. The fourth-order valence-electron chi connectivity index (χ4n) is 3.88. The van der Waals surface area contributed by atoms with Crippen molar-refractivity contribution in [3.8, 4) is 0 Å². The van der Waals surface area contributed by atoms with Crippen LogP contribution in [-0.4, -0.2) is 50.2 Å². The van der Waals surface area contributed by atoms with Crippen LogP contribution in [0.2, 0.25) is 0 Å². The Kier molecular flexibility index (Phi) is 6.30. The highest BCUT2D eigenvalue weighted by molar-refractivity contribution is 5.75. The molecule has 0 aromatic carbocycles. The van der Waals surface area contributed by atoms with E-state index in [1.54, 1.807) is 0 Å². The van der Waals surface area contributed by atoms with Gasteiger partial charge < -0.3 is 15.0 Å². The number of hydrogen-bond donors (Lipinski definition) is 1. The molecule has 0 aromatic heterocycles. The Morgan fingerprint density at radius 2 is 2.05 bits per heavy atom. The summed E-state index contributed by atoms with van der Waals surface area (Å²) >= 11 is 0. The maximum absolute atomic E-state index is 11.7. The Morgan fingerprint density at radius 1 is 1.30 bits per heavy atom. The van der Waals surface area contributed by atoms with E-state index >= 15 is 0 Å². The number of likely N-dealkylation sites (N-methyl/N-ethyl adjacent to an activating group) is 1. The van der Waals surface area contributed by atoms with Crippen molar-refractivity contribution in [1.82, 2.24) is 10.2 Å². The summed E-state index contributed by atoms with van der Waals surface area (Å²) in [5.41, 5.74) is 0. The molecule has 4 heteroatoms. The van der Waals surface area contributed by atoms with Crippen LogP contribution in [0.25, 0.3) is 0 Å². The van der Waals surface area contributed by atoms with Gasteiger partial charge in [0.1, 0.15) is 6.04 Å². The first-order valence-electron chi connectivity index (χ1n) is 8.28. The maximum atomic E-state index is 11.7. The van der Waals surface area contributed by atoms with Gasteiger partial charge in [0.15, 0.2) is 0 Å². The molecule has 2 rings (SSSR count). The summed E-state index contributed by atoms with van der Waals surface area (Å²) in [5, 5.41) is 3.23. The molecule has 1 heterocycles. The van der Waals surface area contributed by atoms with E-state index in [1.165, 1.54) is 52.3 Å². The van der Waals surface area contributed by atoms with E-state index < -0.39 is 0 Å². The lowest BCUT2D eigenvalue weighted by atomic mass is 9.75. The lowest BCUT2D eigenvalue weighted by Crippen LogP contribution is -2.45. The molecule has 0 bridgehead atoms. The highest BCUT2D eigenvalue weighted by atomic mass is 16.5. The monoisotopic (exact) mass is 282 g/mol. The molecule has 1 aliphatic heterocycles. The van der Waals surface area contributed by atoms with Crippen LogP contribution in [-0.2, 0) is 9.53 Å². The van der Waals surface area contributed by atoms with Crippen molar-refractivity contribution in [2.45, 2.75) is 51.5 Å². The summed E-state index contributed by atoms with van der Waals surface area (Å²) < 4.78 is 4.87. The molecule has 1 saturated heterocycles. The summed E-state index contributed by atoms with van der Waals surface area (Å²) in [7, 11) is 1.47. The molecule has 2 fully saturated rings. The van der Waals surface area contributed by atoms with Crippen LogP contribution < -0.4 is 5.32 Å². The quantitative estimate of drug-likeness (QED) is 0.757. The Balaban J connectivity index is 1.76. The Labute approximate surface area is 123 Å². The lowest BCUT2D eigenvalue weighted by molar-refractivity contribution is -0.143. The molecule has 1 N–H and O–H groups in total. The Hall–Kier alpha value is -0.610. The van der Waals surface area contributed by atoms with Gasteiger partial charge in [-0.3, -0.25) is 4.79 Å². The third kappa shape index (κ3) is 4.19. The summed E-state index contributed by atoms with van der Waals surface area (Å²) in [5.74, 6) is 1.76. The van der Waals surface area contributed by atoms with Crippen LogP contribution in [0.15, 0.2) is 0 Å². The number of carbonyl (C=O) groups excluding carboxylic acids is 1. The molecule has 3 atom stereocenters. The Morgan fingerprint density at radius 3 is 2.75 bits per heavy atom. The molecule has 116 valence electrons. The molecule has 0 aromatic rings. The van der Waals surface area contributed by atoms with Crippen LogP contribution in [0.1, 0.15) is 45.4 Å². The van der Waals surface area contributed by atoms with Gasteiger partial charge in [0.05, 0.1) is 7.11 Å². The number of ether oxygens (including phenoxy) is 1. The molecule has 0 amide bonds. The minimum atomic E-state index is -0.144. The molecule has 20 heavy (non-hydrogen) atoms. The average Bonchev–Trinajstić information content (AvgIpc) is 2.50. The lowest BCUT2D eigenvalue weighted by Gasteiger charge is -2.41. The van der Waals surface area contributed by atoms with Crippen LogP contribution in [0.4, 0.5) is 0 Å². The van der Waals surface area contributed by atoms with E-state index in [4.69, 9.17) is 4.74 Å².